The SMILES string of the molecule is I.NC(=NCC1CCC1)NCCNC(=O)c1ccccc1F. The third kappa shape index (κ3) is 5.78. The Morgan fingerprint density at radius 3 is 2.59 bits per heavy atom. The second kappa shape index (κ2) is 9.60. The highest BCUT2D eigenvalue weighted by Gasteiger charge is 2.16. The molecule has 1 aliphatic carbocycles. The van der Waals surface area contributed by atoms with Crippen LogP contribution < -0.4 is 16.4 Å². The third-order valence-electron chi connectivity index (χ3n) is 3.58. The first-order chi connectivity index (χ1) is 10.2. The van der Waals surface area contributed by atoms with Crippen LogP contribution in [0.1, 0.15) is 29.6 Å². The Kier molecular flexibility index (Phi) is 8.15. The highest BCUT2D eigenvalue weighted by Crippen LogP contribution is 2.26. The lowest BCUT2D eigenvalue weighted by atomic mass is 9.86. The van der Waals surface area contributed by atoms with Crippen LogP contribution in [0, 0.1) is 11.7 Å². The minimum atomic E-state index is -0.524. The molecule has 4 N–H and O–H groups in total. The van der Waals surface area contributed by atoms with Gasteiger partial charge in [0.15, 0.2) is 5.96 Å². The quantitative estimate of drug-likeness (QED) is 0.285. The van der Waals surface area contributed by atoms with E-state index in [1.165, 1.54) is 31.4 Å². The zero-order valence-electron chi connectivity index (χ0n) is 12.3. The van der Waals surface area contributed by atoms with Crippen LogP contribution in [0.4, 0.5) is 4.39 Å². The summed E-state index contributed by atoms with van der Waals surface area (Å²) >= 11 is 0. The lowest BCUT2D eigenvalue weighted by Gasteiger charge is -2.23. The van der Waals surface area contributed by atoms with Crippen molar-refractivity contribution >= 4 is 35.8 Å². The van der Waals surface area contributed by atoms with Gasteiger partial charge in [-0.05, 0) is 30.9 Å². The number of guanidine groups is 1. The molecule has 0 heterocycles. The summed E-state index contributed by atoms with van der Waals surface area (Å²) in [4.78, 5) is 16.0. The Morgan fingerprint density at radius 1 is 1.27 bits per heavy atom. The van der Waals surface area contributed by atoms with Crippen molar-refractivity contribution < 1.29 is 9.18 Å². The van der Waals surface area contributed by atoms with Crippen molar-refractivity contribution in [2.45, 2.75) is 19.3 Å². The van der Waals surface area contributed by atoms with Crippen molar-refractivity contribution in [2.24, 2.45) is 16.6 Å². The number of halogens is 2. The number of amides is 1. The summed E-state index contributed by atoms with van der Waals surface area (Å²) in [6, 6.07) is 5.89. The molecule has 5 nitrogen and oxygen atoms in total. The van der Waals surface area contributed by atoms with Gasteiger partial charge in [-0.15, -0.1) is 24.0 Å². The predicted molar refractivity (Wildman–Crippen MR) is 96.0 cm³/mol. The molecule has 1 aliphatic rings. The molecule has 1 fully saturated rings. The molecule has 7 heteroatoms. The minimum Gasteiger partial charge on any atom is -0.370 e. The number of nitrogens with zero attached hydrogens (tertiary/aromatic N) is 1. The van der Waals surface area contributed by atoms with Crippen molar-refractivity contribution in [3.63, 3.8) is 0 Å². The number of rotatable bonds is 6. The molecule has 0 atom stereocenters. The maximum absolute atomic E-state index is 13.4. The van der Waals surface area contributed by atoms with Gasteiger partial charge in [-0.3, -0.25) is 9.79 Å². The van der Waals surface area contributed by atoms with E-state index in [4.69, 9.17) is 5.73 Å². The van der Waals surface area contributed by atoms with Crippen molar-refractivity contribution in [3.05, 3.63) is 35.6 Å². The molecule has 1 saturated carbocycles. The molecule has 0 saturated heterocycles. The summed E-state index contributed by atoms with van der Waals surface area (Å²) in [6.45, 7) is 1.58. The predicted octanol–water partition coefficient (Wildman–Crippen LogP) is 1.88. The molecule has 0 bridgehead atoms. The van der Waals surface area contributed by atoms with E-state index in [1.54, 1.807) is 12.1 Å². The van der Waals surface area contributed by atoms with Crippen molar-refractivity contribution in [2.75, 3.05) is 19.6 Å². The number of aliphatic imine (C=N–C) groups is 1. The van der Waals surface area contributed by atoms with Gasteiger partial charge in [0.25, 0.3) is 5.91 Å². The summed E-state index contributed by atoms with van der Waals surface area (Å²) in [5.74, 6) is 0.109. The molecule has 0 aliphatic heterocycles. The molecule has 0 radical (unpaired) electrons. The second-order valence-electron chi connectivity index (χ2n) is 5.19. The molecular formula is C15H22FIN4O. The van der Waals surface area contributed by atoms with E-state index in [9.17, 15) is 9.18 Å². The Bertz CT molecular complexity index is 520. The fraction of sp³-hybridized carbons (Fsp3) is 0.467. The average molecular weight is 420 g/mol. The summed E-state index contributed by atoms with van der Waals surface area (Å²) in [5, 5.41) is 5.56. The molecule has 1 aromatic carbocycles. The van der Waals surface area contributed by atoms with Crippen molar-refractivity contribution in [3.8, 4) is 0 Å². The van der Waals surface area contributed by atoms with E-state index in [0.29, 0.717) is 25.0 Å². The first-order valence-corrected chi connectivity index (χ1v) is 7.23. The van der Waals surface area contributed by atoms with Crippen molar-refractivity contribution in [1.29, 1.82) is 0 Å². The Labute approximate surface area is 147 Å². The highest BCUT2D eigenvalue weighted by atomic mass is 127. The normalized spacial score (nSPS) is 14.7. The van der Waals surface area contributed by atoms with Gasteiger partial charge in [0.1, 0.15) is 5.82 Å². The van der Waals surface area contributed by atoms with E-state index in [-0.39, 0.29) is 29.5 Å². The summed E-state index contributed by atoms with van der Waals surface area (Å²) in [5.41, 5.74) is 5.76. The first kappa shape index (κ1) is 18.7. The Morgan fingerprint density at radius 2 is 1.95 bits per heavy atom. The average Bonchev–Trinajstić information content (AvgIpc) is 2.42. The van der Waals surface area contributed by atoms with E-state index < -0.39 is 11.7 Å². The van der Waals surface area contributed by atoms with Gasteiger partial charge in [-0.2, -0.15) is 0 Å². The monoisotopic (exact) mass is 420 g/mol. The Hall–Kier alpha value is -1.38. The second-order valence-corrected chi connectivity index (χ2v) is 5.19. The standard InChI is InChI=1S/C15H21FN4O.HI/c16-13-7-2-1-6-12(13)14(21)18-8-9-19-15(17)20-10-11-4-3-5-11;/h1-2,6-7,11H,3-5,8-10H2,(H,18,21)(H3,17,19,20);1H. The van der Waals surface area contributed by atoms with Crippen LogP contribution >= 0.6 is 24.0 Å². The molecular weight excluding hydrogens is 398 g/mol. The summed E-state index contributed by atoms with van der Waals surface area (Å²) < 4.78 is 13.4. The third-order valence-corrected chi connectivity index (χ3v) is 3.58. The number of carbonyl (C=O) groups is 1. The molecule has 1 amide bonds. The maximum Gasteiger partial charge on any atom is 0.254 e. The van der Waals surface area contributed by atoms with Crippen LogP contribution in [0.15, 0.2) is 29.3 Å². The van der Waals surface area contributed by atoms with Crippen LogP contribution in [0.5, 0.6) is 0 Å². The van der Waals surface area contributed by atoms with Gasteiger partial charge in [-0.1, -0.05) is 18.6 Å². The number of benzene rings is 1. The number of nitrogens with two attached hydrogens (primary N) is 1. The molecule has 0 spiro atoms. The van der Waals surface area contributed by atoms with Gasteiger partial charge >= 0.3 is 0 Å². The molecule has 0 aromatic heterocycles. The number of hydrogen-bond donors (Lipinski definition) is 3. The van der Waals surface area contributed by atoms with Gasteiger partial charge in [0.2, 0.25) is 0 Å². The van der Waals surface area contributed by atoms with Gasteiger partial charge in [0, 0.05) is 19.6 Å². The van der Waals surface area contributed by atoms with Gasteiger partial charge < -0.3 is 16.4 Å². The molecule has 122 valence electrons. The minimum absolute atomic E-state index is 0. The van der Waals surface area contributed by atoms with E-state index in [2.05, 4.69) is 15.6 Å². The molecule has 2 rings (SSSR count). The number of carbonyl (C=O) groups excluding carboxylic acids is 1. The zero-order valence-corrected chi connectivity index (χ0v) is 14.7. The van der Waals surface area contributed by atoms with Crippen LogP contribution in [0.2, 0.25) is 0 Å². The van der Waals surface area contributed by atoms with E-state index in [0.717, 1.165) is 6.54 Å². The fourth-order valence-electron chi connectivity index (χ4n) is 2.07. The maximum atomic E-state index is 13.4. The smallest absolute Gasteiger partial charge is 0.254 e. The zero-order chi connectivity index (χ0) is 15.1. The van der Waals surface area contributed by atoms with Crippen LogP contribution in [0.3, 0.4) is 0 Å². The number of hydrogen-bond acceptors (Lipinski definition) is 2. The largest absolute Gasteiger partial charge is 0.370 e. The summed E-state index contributed by atoms with van der Waals surface area (Å²) in [7, 11) is 0. The van der Waals surface area contributed by atoms with Crippen LogP contribution in [0.25, 0.3) is 0 Å². The topological polar surface area (TPSA) is 79.5 Å². The van der Waals surface area contributed by atoms with E-state index in [1.807, 2.05) is 0 Å². The highest BCUT2D eigenvalue weighted by molar-refractivity contribution is 14.0. The van der Waals surface area contributed by atoms with Crippen molar-refractivity contribution in [1.82, 2.24) is 10.6 Å². The number of nitrogens with one attached hydrogen (secondary N) is 2. The molecule has 1 aromatic rings. The molecule has 22 heavy (non-hydrogen) atoms. The fourth-order valence-corrected chi connectivity index (χ4v) is 2.07. The lowest BCUT2D eigenvalue weighted by molar-refractivity contribution is 0.0950. The van der Waals surface area contributed by atoms with Crippen LogP contribution in [-0.4, -0.2) is 31.5 Å². The van der Waals surface area contributed by atoms with Gasteiger partial charge in [0.05, 0.1) is 5.56 Å². The lowest BCUT2D eigenvalue weighted by Crippen LogP contribution is -2.39. The molecule has 0 unspecified atom stereocenters. The van der Waals surface area contributed by atoms with E-state index >= 15 is 0 Å². The van der Waals surface area contributed by atoms with Gasteiger partial charge in [-0.25, -0.2) is 4.39 Å². The first-order valence-electron chi connectivity index (χ1n) is 7.23. The van der Waals surface area contributed by atoms with Crippen LogP contribution in [-0.2, 0) is 0 Å². The Balaban J connectivity index is 0.00000242. The summed E-state index contributed by atoms with van der Waals surface area (Å²) in [6.07, 6.45) is 3.75.